The van der Waals surface area contributed by atoms with Gasteiger partial charge in [-0.3, -0.25) is 4.98 Å². The van der Waals surface area contributed by atoms with Crippen LogP contribution in [0.5, 0.6) is 0 Å². The summed E-state index contributed by atoms with van der Waals surface area (Å²) in [5.74, 6) is 1.00. The molecule has 0 amide bonds. The highest BCUT2D eigenvalue weighted by molar-refractivity contribution is 5.16. The van der Waals surface area contributed by atoms with Crippen molar-refractivity contribution < 1.29 is 0 Å². The van der Waals surface area contributed by atoms with E-state index in [0.29, 0.717) is 0 Å². The molecule has 2 rings (SSSR count). The van der Waals surface area contributed by atoms with E-state index >= 15 is 0 Å². The number of nitrogens with one attached hydrogen (secondary N) is 1. The molecule has 1 aliphatic carbocycles. The van der Waals surface area contributed by atoms with Crippen LogP contribution in [0.25, 0.3) is 0 Å². The summed E-state index contributed by atoms with van der Waals surface area (Å²) in [5.41, 5.74) is 2.66. The van der Waals surface area contributed by atoms with Gasteiger partial charge >= 0.3 is 0 Å². The van der Waals surface area contributed by atoms with E-state index in [0.717, 1.165) is 19.0 Å². The molecule has 1 N–H and O–H groups in total. The third kappa shape index (κ3) is 8.64. The maximum atomic E-state index is 4.54. The predicted molar refractivity (Wildman–Crippen MR) is 112 cm³/mol. The van der Waals surface area contributed by atoms with Crippen molar-refractivity contribution in [3.63, 3.8) is 0 Å². The van der Waals surface area contributed by atoms with Gasteiger partial charge in [0.15, 0.2) is 0 Å². The van der Waals surface area contributed by atoms with Crippen LogP contribution in [0.3, 0.4) is 0 Å². The van der Waals surface area contributed by atoms with E-state index in [-0.39, 0.29) is 0 Å². The zero-order chi connectivity index (χ0) is 18.5. The van der Waals surface area contributed by atoms with Crippen molar-refractivity contribution in [2.45, 2.75) is 84.6 Å². The molecule has 0 bridgehead atoms. The first kappa shape index (κ1) is 21.4. The van der Waals surface area contributed by atoms with Crippen molar-refractivity contribution in [2.75, 3.05) is 26.2 Å². The Bertz CT molecular complexity index is 464. The second-order valence-corrected chi connectivity index (χ2v) is 7.96. The van der Waals surface area contributed by atoms with Crippen LogP contribution >= 0.6 is 0 Å². The van der Waals surface area contributed by atoms with E-state index in [9.17, 15) is 0 Å². The molecule has 0 atom stereocenters. The van der Waals surface area contributed by atoms with Gasteiger partial charge < -0.3 is 10.2 Å². The van der Waals surface area contributed by atoms with Crippen LogP contribution in [0.2, 0.25) is 0 Å². The first-order chi connectivity index (χ1) is 12.8. The molecule has 3 heteroatoms. The molecule has 0 spiro atoms. The fraction of sp³-hybridized carbons (Fsp3) is 0.783. The Balaban J connectivity index is 1.57. The zero-order valence-corrected chi connectivity index (χ0v) is 17.3. The molecule has 1 aromatic heterocycles. The highest BCUT2D eigenvalue weighted by atomic mass is 15.1. The van der Waals surface area contributed by atoms with Crippen LogP contribution in [0.1, 0.15) is 82.9 Å². The van der Waals surface area contributed by atoms with Gasteiger partial charge in [0.2, 0.25) is 0 Å². The van der Waals surface area contributed by atoms with Crippen molar-refractivity contribution in [1.82, 2.24) is 15.2 Å². The highest BCUT2D eigenvalue weighted by Crippen LogP contribution is 2.27. The third-order valence-electron chi connectivity index (χ3n) is 5.96. The summed E-state index contributed by atoms with van der Waals surface area (Å²) < 4.78 is 0. The lowest BCUT2D eigenvalue weighted by molar-refractivity contribution is 0.296. The molecule has 1 saturated carbocycles. The van der Waals surface area contributed by atoms with Crippen LogP contribution in [0.4, 0.5) is 0 Å². The zero-order valence-electron chi connectivity index (χ0n) is 17.3. The summed E-state index contributed by atoms with van der Waals surface area (Å²) in [6.07, 6.45) is 15.8. The van der Waals surface area contributed by atoms with Crippen LogP contribution in [0, 0.1) is 5.92 Å². The monoisotopic (exact) mass is 359 g/mol. The van der Waals surface area contributed by atoms with Gasteiger partial charge in [0, 0.05) is 12.7 Å². The molecule has 0 radical (unpaired) electrons. The van der Waals surface area contributed by atoms with Crippen LogP contribution < -0.4 is 5.32 Å². The topological polar surface area (TPSA) is 28.2 Å². The maximum absolute atomic E-state index is 4.54. The summed E-state index contributed by atoms with van der Waals surface area (Å²) in [4.78, 5) is 7.04. The van der Waals surface area contributed by atoms with Gasteiger partial charge in [0.05, 0.1) is 5.69 Å². The van der Waals surface area contributed by atoms with Gasteiger partial charge in [0.25, 0.3) is 0 Å². The van der Waals surface area contributed by atoms with Gasteiger partial charge in [-0.25, -0.2) is 0 Å². The van der Waals surface area contributed by atoms with Crippen molar-refractivity contribution >= 4 is 0 Å². The molecule has 0 aromatic carbocycles. The fourth-order valence-electron chi connectivity index (χ4n) is 4.19. The van der Waals surface area contributed by atoms with Gasteiger partial charge in [-0.1, -0.05) is 52.4 Å². The molecule has 3 nitrogen and oxygen atoms in total. The minimum absolute atomic E-state index is 0.904. The van der Waals surface area contributed by atoms with Crippen molar-refractivity contribution in [2.24, 2.45) is 5.92 Å². The Morgan fingerprint density at radius 2 is 1.88 bits per heavy atom. The number of unbranched alkanes of at least 4 members (excludes halogenated alkanes) is 1. The van der Waals surface area contributed by atoms with Crippen molar-refractivity contribution in [1.29, 1.82) is 0 Å². The Morgan fingerprint density at radius 1 is 1.08 bits per heavy atom. The molecule has 1 fully saturated rings. The Labute approximate surface area is 162 Å². The van der Waals surface area contributed by atoms with Gasteiger partial charge in [-0.05, 0) is 75.5 Å². The second-order valence-electron chi connectivity index (χ2n) is 7.96. The van der Waals surface area contributed by atoms with Crippen LogP contribution in [0.15, 0.2) is 18.3 Å². The Hall–Kier alpha value is -0.930. The van der Waals surface area contributed by atoms with E-state index in [2.05, 4.69) is 41.2 Å². The van der Waals surface area contributed by atoms with Gasteiger partial charge in [-0.2, -0.15) is 0 Å². The molecule has 148 valence electrons. The van der Waals surface area contributed by atoms with Crippen LogP contribution in [-0.4, -0.2) is 36.1 Å². The molecule has 0 aliphatic heterocycles. The molecule has 1 aromatic rings. The first-order valence-electron chi connectivity index (χ1n) is 11.2. The third-order valence-corrected chi connectivity index (χ3v) is 5.96. The number of nitrogens with zero attached hydrogens (tertiary/aromatic N) is 2. The molecule has 1 heterocycles. The second kappa shape index (κ2) is 13.3. The molecular formula is C23H41N3. The molecule has 0 saturated heterocycles. The van der Waals surface area contributed by atoms with E-state index < -0.39 is 0 Å². The number of aromatic nitrogens is 1. The quantitative estimate of drug-likeness (QED) is 0.491. The number of aryl methyl sites for hydroxylation is 1. The minimum Gasteiger partial charge on any atom is -0.311 e. The van der Waals surface area contributed by atoms with Crippen molar-refractivity contribution in [3.05, 3.63) is 29.6 Å². The number of pyridine rings is 1. The fourth-order valence-corrected chi connectivity index (χ4v) is 4.19. The smallest absolute Gasteiger partial charge is 0.0544 e. The summed E-state index contributed by atoms with van der Waals surface area (Å²) >= 11 is 0. The maximum Gasteiger partial charge on any atom is 0.0544 e. The lowest BCUT2D eigenvalue weighted by Crippen LogP contribution is -2.25. The molecule has 0 unspecified atom stereocenters. The Kier molecular flexibility index (Phi) is 10.9. The predicted octanol–water partition coefficient (Wildman–Crippen LogP) is 5.20. The number of hydrogen-bond acceptors (Lipinski definition) is 3. The first-order valence-corrected chi connectivity index (χ1v) is 11.2. The Morgan fingerprint density at radius 3 is 2.65 bits per heavy atom. The lowest BCUT2D eigenvalue weighted by Gasteiger charge is -2.21. The molecule has 26 heavy (non-hydrogen) atoms. The standard InChI is InChI=1S/C23H41N3/c1-3-26(4-2)18-9-8-16-24-20-23-19-22(15-17-25-23)14-10-13-21-11-6-5-7-12-21/h15,17,19,21,24H,3-14,16,18,20H2,1-2H3. The average molecular weight is 360 g/mol. The van der Waals surface area contributed by atoms with E-state index in [1.54, 1.807) is 0 Å². The van der Waals surface area contributed by atoms with E-state index in [1.165, 1.54) is 95.1 Å². The van der Waals surface area contributed by atoms with Gasteiger partial charge in [-0.15, -0.1) is 0 Å². The summed E-state index contributed by atoms with van der Waals surface area (Å²) in [7, 11) is 0. The summed E-state index contributed by atoms with van der Waals surface area (Å²) in [6.45, 7) is 10.0. The minimum atomic E-state index is 0.904. The molecule has 1 aliphatic rings. The normalized spacial score (nSPS) is 15.7. The van der Waals surface area contributed by atoms with E-state index in [1.807, 2.05) is 6.20 Å². The highest BCUT2D eigenvalue weighted by Gasteiger charge is 2.12. The van der Waals surface area contributed by atoms with Gasteiger partial charge in [0.1, 0.15) is 0 Å². The number of hydrogen-bond donors (Lipinski definition) is 1. The lowest BCUT2D eigenvalue weighted by atomic mass is 9.85. The van der Waals surface area contributed by atoms with E-state index in [4.69, 9.17) is 0 Å². The number of rotatable bonds is 13. The largest absolute Gasteiger partial charge is 0.311 e. The summed E-state index contributed by atoms with van der Waals surface area (Å²) in [6, 6.07) is 4.51. The average Bonchev–Trinajstić information content (AvgIpc) is 2.69. The van der Waals surface area contributed by atoms with Crippen LogP contribution in [-0.2, 0) is 13.0 Å². The summed E-state index contributed by atoms with van der Waals surface area (Å²) in [5, 5.41) is 3.57. The molecular weight excluding hydrogens is 318 g/mol. The van der Waals surface area contributed by atoms with Crippen molar-refractivity contribution in [3.8, 4) is 0 Å². The SMILES string of the molecule is CCN(CC)CCCCNCc1cc(CCCC2CCCCC2)ccn1.